The molecule has 0 aliphatic rings. The van der Waals surface area contributed by atoms with E-state index in [-0.39, 0.29) is 29.5 Å². The van der Waals surface area contributed by atoms with Crippen LogP contribution in [0.4, 0.5) is 0 Å². The summed E-state index contributed by atoms with van der Waals surface area (Å²) in [6.45, 7) is 7.34. The molecule has 0 fully saturated rings. The molecular formula is C14H24IN3O. The van der Waals surface area contributed by atoms with Crippen molar-refractivity contribution < 1.29 is 4.74 Å². The van der Waals surface area contributed by atoms with Gasteiger partial charge in [-0.25, -0.2) is 4.99 Å². The van der Waals surface area contributed by atoms with Crippen LogP contribution in [0, 0.1) is 0 Å². The number of hydrogen-bond acceptors (Lipinski definition) is 2. The Morgan fingerprint density at radius 3 is 2.53 bits per heavy atom. The van der Waals surface area contributed by atoms with E-state index in [0.29, 0.717) is 19.1 Å². The molecule has 1 aromatic carbocycles. The molecule has 0 radical (unpaired) electrons. The van der Waals surface area contributed by atoms with Crippen molar-refractivity contribution in [3.8, 4) is 0 Å². The largest absolute Gasteiger partial charge is 0.380 e. The van der Waals surface area contributed by atoms with Gasteiger partial charge in [-0.1, -0.05) is 24.3 Å². The number of rotatable bonds is 4. The Labute approximate surface area is 132 Å². The smallest absolute Gasteiger partial charge is 0.189 e. The Morgan fingerprint density at radius 2 is 1.95 bits per heavy atom. The molecule has 0 unspecified atom stereocenters. The Balaban J connectivity index is 0.00000324. The van der Waals surface area contributed by atoms with Gasteiger partial charge in [-0.2, -0.15) is 0 Å². The minimum absolute atomic E-state index is 0. The van der Waals surface area contributed by atoms with E-state index in [1.807, 2.05) is 18.2 Å². The summed E-state index contributed by atoms with van der Waals surface area (Å²) in [6.07, 6.45) is 0. The zero-order valence-electron chi connectivity index (χ0n) is 12.1. The highest BCUT2D eigenvalue weighted by Gasteiger charge is 2.09. The van der Waals surface area contributed by atoms with E-state index < -0.39 is 0 Å². The van der Waals surface area contributed by atoms with Crippen molar-refractivity contribution in [3.05, 3.63) is 35.4 Å². The molecule has 1 rings (SSSR count). The second-order valence-corrected chi connectivity index (χ2v) is 5.33. The summed E-state index contributed by atoms with van der Waals surface area (Å²) in [6, 6.07) is 8.16. The standard InChI is InChI=1S/C14H23N3O.HI/c1-14(2,3)17-13(15)16-9-11-6-5-7-12(8-11)10-18-4;/h5-8H,9-10H2,1-4H3,(H3,15,16,17);1H. The summed E-state index contributed by atoms with van der Waals surface area (Å²) in [5.41, 5.74) is 8.03. The molecule has 0 aliphatic carbocycles. The number of guanidine groups is 1. The Bertz CT molecular complexity index is 413. The first kappa shape index (κ1) is 18.2. The van der Waals surface area contributed by atoms with Crippen LogP contribution in [0.2, 0.25) is 0 Å². The lowest BCUT2D eigenvalue weighted by Crippen LogP contribution is -2.44. The van der Waals surface area contributed by atoms with Crippen LogP contribution in [0.15, 0.2) is 29.3 Å². The molecule has 0 aliphatic heterocycles. The zero-order chi connectivity index (χ0) is 13.6. The van der Waals surface area contributed by atoms with Gasteiger partial charge in [0.1, 0.15) is 0 Å². The second kappa shape index (κ2) is 8.37. The number of nitrogens with zero attached hydrogens (tertiary/aromatic N) is 1. The molecule has 0 amide bonds. The number of nitrogens with two attached hydrogens (primary N) is 1. The SMILES string of the molecule is COCc1cccc(CN=C(N)NC(C)(C)C)c1.I. The first-order chi connectivity index (χ1) is 8.40. The van der Waals surface area contributed by atoms with Crippen molar-refractivity contribution in [1.29, 1.82) is 0 Å². The van der Waals surface area contributed by atoms with E-state index in [1.165, 1.54) is 0 Å². The Kier molecular flexibility index (Phi) is 8.01. The minimum Gasteiger partial charge on any atom is -0.380 e. The van der Waals surface area contributed by atoms with Crippen molar-refractivity contribution in [1.82, 2.24) is 5.32 Å². The van der Waals surface area contributed by atoms with Crippen molar-refractivity contribution in [2.75, 3.05) is 7.11 Å². The molecular weight excluding hydrogens is 353 g/mol. The molecule has 108 valence electrons. The van der Waals surface area contributed by atoms with Crippen LogP contribution in [0.1, 0.15) is 31.9 Å². The average Bonchev–Trinajstić information content (AvgIpc) is 2.25. The van der Waals surface area contributed by atoms with Crippen molar-refractivity contribution in [2.45, 2.75) is 39.5 Å². The van der Waals surface area contributed by atoms with Gasteiger partial charge in [0.05, 0.1) is 13.2 Å². The third kappa shape index (κ3) is 8.05. The van der Waals surface area contributed by atoms with E-state index in [0.717, 1.165) is 11.1 Å². The van der Waals surface area contributed by atoms with Gasteiger partial charge in [-0.3, -0.25) is 0 Å². The Hall–Kier alpha value is -0.820. The summed E-state index contributed by atoms with van der Waals surface area (Å²) >= 11 is 0. The molecule has 4 nitrogen and oxygen atoms in total. The lowest BCUT2D eigenvalue weighted by atomic mass is 10.1. The molecule has 3 N–H and O–H groups in total. The number of hydrogen-bond donors (Lipinski definition) is 2. The second-order valence-electron chi connectivity index (χ2n) is 5.33. The fraction of sp³-hybridized carbons (Fsp3) is 0.500. The van der Waals surface area contributed by atoms with Crippen LogP contribution in [-0.2, 0) is 17.9 Å². The highest BCUT2D eigenvalue weighted by atomic mass is 127. The number of aliphatic imine (C=N–C) groups is 1. The highest BCUT2D eigenvalue weighted by Crippen LogP contribution is 2.07. The van der Waals surface area contributed by atoms with Crippen LogP contribution in [-0.4, -0.2) is 18.6 Å². The maximum absolute atomic E-state index is 5.82. The van der Waals surface area contributed by atoms with Gasteiger partial charge in [0.25, 0.3) is 0 Å². The van der Waals surface area contributed by atoms with Crippen LogP contribution in [0.3, 0.4) is 0 Å². The molecule has 0 heterocycles. The third-order valence-electron chi connectivity index (χ3n) is 2.24. The van der Waals surface area contributed by atoms with Gasteiger partial charge in [-0.05, 0) is 31.9 Å². The van der Waals surface area contributed by atoms with Crippen LogP contribution in [0.25, 0.3) is 0 Å². The van der Waals surface area contributed by atoms with E-state index >= 15 is 0 Å². The maximum Gasteiger partial charge on any atom is 0.189 e. The molecule has 19 heavy (non-hydrogen) atoms. The van der Waals surface area contributed by atoms with Gasteiger partial charge >= 0.3 is 0 Å². The normalized spacial score (nSPS) is 11.9. The van der Waals surface area contributed by atoms with E-state index in [9.17, 15) is 0 Å². The summed E-state index contributed by atoms with van der Waals surface area (Å²) in [5, 5.41) is 3.13. The van der Waals surface area contributed by atoms with E-state index in [2.05, 4.69) is 37.1 Å². The predicted molar refractivity (Wildman–Crippen MR) is 90.8 cm³/mol. The number of halogens is 1. The fourth-order valence-corrected chi connectivity index (χ4v) is 1.58. The summed E-state index contributed by atoms with van der Waals surface area (Å²) < 4.78 is 5.10. The van der Waals surface area contributed by atoms with E-state index in [1.54, 1.807) is 7.11 Å². The van der Waals surface area contributed by atoms with Gasteiger partial charge in [0.15, 0.2) is 5.96 Å². The van der Waals surface area contributed by atoms with Gasteiger partial charge < -0.3 is 15.8 Å². The van der Waals surface area contributed by atoms with Crippen LogP contribution in [0.5, 0.6) is 0 Å². The molecule has 0 bridgehead atoms. The molecule has 1 aromatic rings. The topological polar surface area (TPSA) is 59.6 Å². The third-order valence-corrected chi connectivity index (χ3v) is 2.24. The average molecular weight is 377 g/mol. The first-order valence-corrected chi connectivity index (χ1v) is 6.05. The summed E-state index contributed by atoms with van der Waals surface area (Å²) in [5.74, 6) is 0.472. The van der Waals surface area contributed by atoms with Crippen molar-refractivity contribution in [2.24, 2.45) is 10.7 Å². The molecule has 0 aromatic heterocycles. The fourth-order valence-electron chi connectivity index (χ4n) is 1.58. The van der Waals surface area contributed by atoms with Gasteiger partial charge in [0.2, 0.25) is 0 Å². The lowest BCUT2D eigenvalue weighted by Gasteiger charge is -2.21. The van der Waals surface area contributed by atoms with E-state index in [4.69, 9.17) is 10.5 Å². The first-order valence-electron chi connectivity index (χ1n) is 6.05. The minimum atomic E-state index is -0.0640. The maximum atomic E-state index is 5.82. The number of ether oxygens (including phenoxy) is 1. The van der Waals surface area contributed by atoms with Crippen LogP contribution < -0.4 is 11.1 Å². The number of methoxy groups -OCH3 is 1. The van der Waals surface area contributed by atoms with Crippen molar-refractivity contribution in [3.63, 3.8) is 0 Å². The van der Waals surface area contributed by atoms with Gasteiger partial charge in [-0.15, -0.1) is 24.0 Å². The number of nitrogens with one attached hydrogen (secondary N) is 1. The summed E-state index contributed by atoms with van der Waals surface area (Å²) in [4.78, 5) is 4.32. The van der Waals surface area contributed by atoms with Crippen molar-refractivity contribution >= 4 is 29.9 Å². The Morgan fingerprint density at radius 1 is 1.32 bits per heavy atom. The molecule has 0 atom stereocenters. The molecule has 5 heteroatoms. The molecule has 0 saturated carbocycles. The summed E-state index contributed by atoms with van der Waals surface area (Å²) in [7, 11) is 1.69. The van der Waals surface area contributed by atoms with Gasteiger partial charge in [0, 0.05) is 12.6 Å². The predicted octanol–water partition coefficient (Wildman–Crippen LogP) is 2.65. The lowest BCUT2D eigenvalue weighted by molar-refractivity contribution is 0.185. The molecule has 0 saturated heterocycles. The van der Waals surface area contributed by atoms with Crippen LogP contribution >= 0.6 is 24.0 Å². The molecule has 0 spiro atoms. The quantitative estimate of drug-likeness (QED) is 0.482. The number of benzene rings is 1. The monoisotopic (exact) mass is 377 g/mol. The zero-order valence-corrected chi connectivity index (χ0v) is 14.4. The highest BCUT2D eigenvalue weighted by molar-refractivity contribution is 14.0.